The Labute approximate surface area is 137 Å². The second-order valence-corrected chi connectivity index (χ2v) is 6.74. The molecule has 1 aliphatic carbocycles. The van der Waals surface area contributed by atoms with Crippen molar-refractivity contribution in [2.24, 2.45) is 5.92 Å². The lowest BCUT2D eigenvalue weighted by Gasteiger charge is -2.32. The molecule has 2 heteroatoms. The number of fused-ring (bicyclic) bond motifs is 2. The molecule has 1 aliphatic heterocycles. The molecule has 2 aromatic rings. The summed E-state index contributed by atoms with van der Waals surface area (Å²) in [5, 5.41) is 4.33. The molecule has 22 heavy (non-hydrogen) atoms. The van der Waals surface area contributed by atoms with Crippen molar-refractivity contribution in [3.63, 3.8) is 0 Å². The maximum atomic E-state index is 6.32. The predicted octanol–water partition coefficient (Wildman–Crippen LogP) is 4.96. The summed E-state index contributed by atoms with van der Waals surface area (Å²) in [6.07, 6.45) is 6.95. The zero-order valence-electron chi connectivity index (χ0n) is 12.6. The van der Waals surface area contributed by atoms with Crippen LogP contribution < -0.4 is 5.32 Å². The molecule has 2 aliphatic rings. The molecule has 1 saturated heterocycles. The summed E-state index contributed by atoms with van der Waals surface area (Å²) < 4.78 is 0. The topological polar surface area (TPSA) is 12.0 Å². The normalized spacial score (nSPS) is 21.0. The monoisotopic (exact) mass is 309 g/mol. The summed E-state index contributed by atoms with van der Waals surface area (Å²) in [6.45, 7) is 2.24. The first-order chi connectivity index (χ1) is 10.8. The zero-order chi connectivity index (χ0) is 14.9. The Hall–Kier alpha value is -1.57. The van der Waals surface area contributed by atoms with E-state index in [1.54, 1.807) is 0 Å². The van der Waals surface area contributed by atoms with Crippen LogP contribution in [-0.4, -0.2) is 13.1 Å². The second kappa shape index (κ2) is 5.91. The fourth-order valence-electron chi connectivity index (χ4n) is 3.95. The highest BCUT2D eigenvalue weighted by Gasteiger charge is 2.30. The number of piperidine rings is 1. The molecule has 0 radical (unpaired) electrons. The average molecular weight is 310 g/mol. The lowest BCUT2D eigenvalue weighted by atomic mass is 9.75. The first kappa shape index (κ1) is 14.0. The fraction of sp³-hybridized carbons (Fsp3) is 0.300. The SMILES string of the molecule is Clc1ccc2c(c1)C(C1CCNCC1)c1ccccc1C=C2. The number of halogens is 1. The molecule has 0 aromatic heterocycles. The van der Waals surface area contributed by atoms with E-state index in [-0.39, 0.29) is 0 Å². The van der Waals surface area contributed by atoms with Crippen LogP contribution in [-0.2, 0) is 0 Å². The molecule has 0 bridgehead atoms. The lowest BCUT2D eigenvalue weighted by Crippen LogP contribution is -2.31. The summed E-state index contributed by atoms with van der Waals surface area (Å²) in [6, 6.07) is 15.2. The first-order valence-electron chi connectivity index (χ1n) is 8.10. The van der Waals surface area contributed by atoms with E-state index in [0.717, 1.165) is 18.1 Å². The standard InChI is InChI=1S/C20H20ClN/c21-17-8-7-15-6-5-14-3-1-2-4-18(14)20(19(15)13-17)16-9-11-22-12-10-16/h1-8,13,16,20,22H,9-12H2. The fourth-order valence-corrected chi connectivity index (χ4v) is 4.13. The van der Waals surface area contributed by atoms with Gasteiger partial charge in [0.05, 0.1) is 0 Å². The van der Waals surface area contributed by atoms with Gasteiger partial charge in [0.1, 0.15) is 0 Å². The number of hydrogen-bond donors (Lipinski definition) is 1. The Morgan fingerprint density at radius 1 is 0.864 bits per heavy atom. The molecule has 0 amide bonds. The van der Waals surface area contributed by atoms with E-state index in [1.807, 2.05) is 6.07 Å². The summed E-state index contributed by atoms with van der Waals surface area (Å²) >= 11 is 6.32. The molecule has 1 fully saturated rings. The minimum Gasteiger partial charge on any atom is -0.317 e. The average Bonchev–Trinajstić information content (AvgIpc) is 2.72. The summed E-state index contributed by atoms with van der Waals surface area (Å²) in [7, 11) is 0. The van der Waals surface area contributed by atoms with E-state index < -0.39 is 0 Å². The van der Waals surface area contributed by atoms with Crippen molar-refractivity contribution in [1.29, 1.82) is 0 Å². The molecule has 1 atom stereocenters. The largest absolute Gasteiger partial charge is 0.317 e. The van der Waals surface area contributed by atoms with E-state index in [1.165, 1.54) is 35.1 Å². The highest BCUT2D eigenvalue weighted by Crippen LogP contribution is 2.43. The van der Waals surface area contributed by atoms with Gasteiger partial charge in [-0.1, -0.05) is 54.1 Å². The van der Waals surface area contributed by atoms with Crippen LogP contribution >= 0.6 is 11.6 Å². The van der Waals surface area contributed by atoms with Gasteiger partial charge in [-0.15, -0.1) is 0 Å². The molecular formula is C20H20ClN. The molecule has 1 heterocycles. The van der Waals surface area contributed by atoms with Crippen LogP contribution in [0.3, 0.4) is 0 Å². The van der Waals surface area contributed by atoms with E-state index in [0.29, 0.717) is 11.8 Å². The van der Waals surface area contributed by atoms with Gasteiger partial charge in [-0.05, 0) is 66.2 Å². The number of nitrogens with one attached hydrogen (secondary N) is 1. The molecular weight excluding hydrogens is 290 g/mol. The Bertz CT molecular complexity index is 713. The Morgan fingerprint density at radius 3 is 2.41 bits per heavy atom. The molecule has 0 saturated carbocycles. The third-order valence-electron chi connectivity index (χ3n) is 5.01. The highest BCUT2D eigenvalue weighted by atomic mass is 35.5. The molecule has 0 spiro atoms. The molecule has 112 valence electrons. The quantitative estimate of drug-likeness (QED) is 0.785. The Balaban J connectivity index is 1.90. The van der Waals surface area contributed by atoms with Crippen molar-refractivity contribution in [3.8, 4) is 0 Å². The van der Waals surface area contributed by atoms with E-state index in [4.69, 9.17) is 11.6 Å². The van der Waals surface area contributed by atoms with Crippen LogP contribution in [0.2, 0.25) is 5.02 Å². The van der Waals surface area contributed by atoms with Crippen molar-refractivity contribution >= 4 is 23.8 Å². The van der Waals surface area contributed by atoms with Gasteiger partial charge in [0.2, 0.25) is 0 Å². The maximum absolute atomic E-state index is 6.32. The summed E-state index contributed by atoms with van der Waals surface area (Å²) in [5.74, 6) is 1.13. The van der Waals surface area contributed by atoms with E-state index in [9.17, 15) is 0 Å². The number of rotatable bonds is 1. The van der Waals surface area contributed by atoms with E-state index in [2.05, 4.69) is 53.9 Å². The Morgan fingerprint density at radius 2 is 1.59 bits per heavy atom. The van der Waals surface area contributed by atoms with Crippen molar-refractivity contribution in [3.05, 3.63) is 69.7 Å². The van der Waals surface area contributed by atoms with Crippen molar-refractivity contribution in [2.45, 2.75) is 18.8 Å². The molecule has 1 N–H and O–H groups in total. The van der Waals surface area contributed by atoms with E-state index >= 15 is 0 Å². The van der Waals surface area contributed by atoms with Gasteiger partial charge in [-0.2, -0.15) is 0 Å². The number of benzene rings is 2. The highest BCUT2D eigenvalue weighted by molar-refractivity contribution is 6.30. The zero-order valence-corrected chi connectivity index (χ0v) is 13.3. The third-order valence-corrected chi connectivity index (χ3v) is 5.25. The molecule has 4 rings (SSSR count). The minimum atomic E-state index is 0.446. The molecule has 1 unspecified atom stereocenters. The van der Waals surface area contributed by atoms with Gasteiger partial charge >= 0.3 is 0 Å². The van der Waals surface area contributed by atoms with Gasteiger partial charge < -0.3 is 5.32 Å². The van der Waals surface area contributed by atoms with Crippen LogP contribution in [0.1, 0.15) is 41.0 Å². The Kier molecular flexibility index (Phi) is 3.77. The van der Waals surface area contributed by atoms with Gasteiger partial charge in [-0.3, -0.25) is 0 Å². The van der Waals surface area contributed by atoms with Crippen LogP contribution in [0.15, 0.2) is 42.5 Å². The van der Waals surface area contributed by atoms with Crippen molar-refractivity contribution in [2.75, 3.05) is 13.1 Å². The second-order valence-electron chi connectivity index (χ2n) is 6.30. The predicted molar refractivity (Wildman–Crippen MR) is 94.3 cm³/mol. The molecule has 2 aromatic carbocycles. The molecule has 1 nitrogen and oxygen atoms in total. The number of hydrogen-bond acceptors (Lipinski definition) is 1. The van der Waals surface area contributed by atoms with Crippen LogP contribution in [0.4, 0.5) is 0 Å². The first-order valence-corrected chi connectivity index (χ1v) is 8.48. The lowest BCUT2D eigenvalue weighted by molar-refractivity contribution is 0.342. The summed E-state index contributed by atoms with van der Waals surface area (Å²) in [5.41, 5.74) is 5.50. The maximum Gasteiger partial charge on any atom is 0.0409 e. The van der Waals surface area contributed by atoms with Crippen LogP contribution in [0.5, 0.6) is 0 Å². The summed E-state index contributed by atoms with van der Waals surface area (Å²) in [4.78, 5) is 0. The minimum absolute atomic E-state index is 0.446. The van der Waals surface area contributed by atoms with Crippen LogP contribution in [0, 0.1) is 5.92 Å². The van der Waals surface area contributed by atoms with Gasteiger partial charge in [-0.25, -0.2) is 0 Å². The smallest absolute Gasteiger partial charge is 0.0409 e. The van der Waals surface area contributed by atoms with Crippen molar-refractivity contribution in [1.82, 2.24) is 5.32 Å². The van der Waals surface area contributed by atoms with Gasteiger partial charge in [0, 0.05) is 10.9 Å². The van der Waals surface area contributed by atoms with Gasteiger partial charge in [0.15, 0.2) is 0 Å². The van der Waals surface area contributed by atoms with Crippen molar-refractivity contribution < 1.29 is 0 Å². The van der Waals surface area contributed by atoms with Gasteiger partial charge in [0.25, 0.3) is 0 Å². The third kappa shape index (κ3) is 2.49. The van der Waals surface area contributed by atoms with Crippen LogP contribution in [0.25, 0.3) is 12.2 Å².